The van der Waals surface area contributed by atoms with Crippen LogP contribution in [0.5, 0.6) is 0 Å². The molecule has 1 fully saturated rings. The minimum Gasteiger partial charge on any atom is -0.462 e. The molecule has 33 heavy (non-hydrogen) atoms. The van der Waals surface area contributed by atoms with Crippen molar-refractivity contribution in [3.63, 3.8) is 0 Å². The van der Waals surface area contributed by atoms with Crippen molar-refractivity contribution in [3.8, 4) is 0 Å². The van der Waals surface area contributed by atoms with Crippen molar-refractivity contribution in [1.82, 2.24) is 24.1 Å². The number of esters is 1. The Morgan fingerprint density at radius 3 is 2.76 bits per heavy atom. The molecular formula is C25H31N5O3. The number of nitrogens with zero attached hydrogens (tertiary/aromatic N) is 5. The van der Waals surface area contributed by atoms with Crippen LogP contribution >= 0.6 is 0 Å². The fraction of sp³-hybridized carbons (Fsp3) is 0.440. The molecule has 0 radical (unpaired) electrons. The van der Waals surface area contributed by atoms with Crippen LogP contribution in [0.25, 0.3) is 11.7 Å². The van der Waals surface area contributed by atoms with E-state index in [0.717, 1.165) is 47.8 Å². The Kier molecular flexibility index (Phi) is 6.62. The number of fused-ring (bicyclic) bond motifs is 1. The van der Waals surface area contributed by atoms with E-state index in [-0.39, 0.29) is 17.8 Å². The van der Waals surface area contributed by atoms with Gasteiger partial charge in [-0.15, -0.1) is 10.2 Å². The van der Waals surface area contributed by atoms with Gasteiger partial charge in [0.15, 0.2) is 5.65 Å². The summed E-state index contributed by atoms with van der Waals surface area (Å²) in [6, 6.07) is 5.83. The van der Waals surface area contributed by atoms with E-state index < -0.39 is 0 Å². The summed E-state index contributed by atoms with van der Waals surface area (Å²) in [7, 11) is 0. The summed E-state index contributed by atoms with van der Waals surface area (Å²) in [6.07, 6.45) is 7.18. The van der Waals surface area contributed by atoms with Gasteiger partial charge in [0.25, 0.3) is 0 Å². The highest BCUT2D eigenvalue weighted by Crippen LogP contribution is 2.28. The molecular weight excluding hydrogens is 418 g/mol. The maximum absolute atomic E-state index is 13.1. The van der Waals surface area contributed by atoms with Crippen LogP contribution in [-0.4, -0.2) is 55.6 Å². The monoisotopic (exact) mass is 449 g/mol. The van der Waals surface area contributed by atoms with Gasteiger partial charge in [0.2, 0.25) is 5.91 Å². The van der Waals surface area contributed by atoms with Crippen LogP contribution in [0.1, 0.15) is 65.7 Å². The molecule has 1 amide bonds. The van der Waals surface area contributed by atoms with Crippen molar-refractivity contribution < 1.29 is 14.3 Å². The van der Waals surface area contributed by atoms with Crippen LogP contribution in [0, 0.1) is 13.8 Å². The van der Waals surface area contributed by atoms with Crippen LogP contribution in [-0.2, 0) is 16.1 Å². The summed E-state index contributed by atoms with van der Waals surface area (Å²) in [5.41, 5.74) is 3.91. The predicted molar refractivity (Wildman–Crippen MR) is 126 cm³/mol. The van der Waals surface area contributed by atoms with Crippen LogP contribution in [0.15, 0.2) is 30.5 Å². The molecule has 1 unspecified atom stereocenters. The number of hydrogen-bond donors (Lipinski definition) is 0. The number of ether oxygens (including phenoxy) is 1. The first-order chi connectivity index (χ1) is 16.0. The Morgan fingerprint density at radius 2 is 2.00 bits per heavy atom. The van der Waals surface area contributed by atoms with E-state index in [1.165, 1.54) is 0 Å². The Hall–Kier alpha value is -3.42. The minimum atomic E-state index is -0.353. The molecule has 0 spiro atoms. The summed E-state index contributed by atoms with van der Waals surface area (Å²) in [4.78, 5) is 27.6. The first kappa shape index (κ1) is 22.8. The number of pyridine rings is 1. The number of hydrogen-bond acceptors (Lipinski definition) is 5. The van der Waals surface area contributed by atoms with E-state index in [1.807, 2.05) is 54.5 Å². The largest absolute Gasteiger partial charge is 0.462 e. The van der Waals surface area contributed by atoms with Crippen LogP contribution < -0.4 is 0 Å². The zero-order chi connectivity index (χ0) is 23.5. The molecule has 8 heteroatoms. The third kappa shape index (κ3) is 4.29. The van der Waals surface area contributed by atoms with E-state index in [1.54, 1.807) is 19.1 Å². The molecule has 0 aromatic carbocycles. The lowest BCUT2D eigenvalue weighted by Gasteiger charge is -2.31. The highest BCUT2D eigenvalue weighted by molar-refractivity contribution is 5.98. The third-order valence-corrected chi connectivity index (χ3v) is 6.46. The fourth-order valence-corrected chi connectivity index (χ4v) is 4.83. The molecule has 3 aromatic heterocycles. The number of piperidine rings is 1. The summed E-state index contributed by atoms with van der Waals surface area (Å²) in [6.45, 7) is 10.1. The standard InChI is InChI=1S/C25H31N5O3/c1-5-29-17(3)20(23(18(29)4)25(32)33-6-2)12-13-22(31)28-14-9-10-19(16-28)24-27-26-21-11-7-8-15-30(21)24/h7-8,11-13,15,19H,5-6,9-10,14,16H2,1-4H3/b13-12+. The van der Waals surface area contributed by atoms with Gasteiger partial charge in [-0.1, -0.05) is 6.07 Å². The SMILES string of the molecule is CCOC(=O)c1c(/C=C/C(=O)N2CCCC(c3nnc4ccccn34)C2)c(C)n(CC)c1C. The third-order valence-electron chi connectivity index (χ3n) is 6.46. The smallest absolute Gasteiger partial charge is 0.340 e. The molecule has 174 valence electrons. The maximum atomic E-state index is 13.1. The number of amides is 1. The number of carbonyl (C=O) groups is 2. The van der Waals surface area contributed by atoms with Crippen LogP contribution in [0.4, 0.5) is 0 Å². The quantitative estimate of drug-likeness (QED) is 0.423. The van der Waals surface area contributed by atoms with Gasteiger partial charge in [-0.3, -0.25) is 9.20 Å². The van der Waals surface area contributed by atoms with Gasteiger partial charge < -0.3 is 14.2 Å². The molecule has 0 bridgehead atoms. The molecule has 4 heterocycles. The molecule has 3 aromatic rings. The normalized spacial score (nSPS) is 16.6. The first-order valence-corrected chi connectivity index (χ1v) is 11.6. The van der Waals surface area contributed by atoms with Crippen molar-refractivity contribution in [3.05, 3.63) is 58.8 Å². The molecule has 8 nitrogen and oxygen atoms in total. The van der Waals surface area contributed by atoms with Gasteiger partial charge in [-0.2, -0.15) is 0 Å². The van der Waals surface area contributed by atoms with E-state index in [9.17, 15) is 9.59 Å². The molecule has 1 atom stereocenters. The van der Waals surface area contributed by atoms with Crippen molar-refractivity contribution >= 4 is 23.6 Å². The van der Waals surface area contributed by atoms with Crippen molar-refractivity contribution in [1.29, 1.82) is 0 Å². The summed E-state index contributed by atoms with van der Waals surface area (Å²) >= 11 is 0. The summed E-state index contributed by atoms with van der Waals surface area (Å²) < 4.78 is 9.35. The van der Waals surface area contributed by atoms with Gasteiger partial charge in [0.1, 0.15) is 5.82 Å². The van der Waals surface area contributed by atoms with Crippen molar-refractivity contribution in [2.75, 3.05) is 19.7 Å². The van der Waals surface area contributed by atoms with Gasteiger partial charge >= 0.3 is 5.97 Å². The van der Waals surface area contributed by atoms with Gasteiger partial charge in [0, 0.05) is 54.8 Å². The Labute approximate surface area is 193 Å². The average molecular weight is 450 g/mol. The molecule has 0 aliphatic carbocycles. The number of rotatable bonds is 6. The molecule has 1 aliphatic rings. The summed E-state index contributed by atoms with van der Waals surface area (Å²) in [5.74, 6) is 0.607. The zero-order valence-electron chi connectivity index (χ0n) is 19.7. The van der Waals surface area contributed by atoms with Gasteiger partial charge in [0.05, 0.1) is 12.2 Å². The first-order valence-electron chi connectivity index (χ1n) is 11.6. The van der Waals surface area contributed by atoms with E-state index in [0.29, 0.717) is 25.3 Å². The molecule has 0 N–H and O–H groups in total. The maximum Gasteiger partial charge on any atom is 0.340 e. The highest BCUT2D eigenvalue weighted by Gasteiger charge is 2.27. The van der Waals surface area contributed by atoms with Crippen molar-refractivity contribution in [2.24, 2.45) is 0 Å². The van der Waals surface area contributed by atoms with Crippen LogP contribution in [0.2, 0.25) is 0 Å². The second-order valence-electron chi connectivity index (χ2n) is 8.37. The lowest BCUT2D eigenvalue weighted by Crippen LogP contribution is -2.38. The average Bonchev–Trinajstić information content (AvgIpc) is 3.36. The molecule has 1 aliphatic heterocycles. The van der Waals surface area contributed by atoms with E-state index in [2.05, 4.69) is 14.8 Å². The lowest BCUT2D eigenvalue weighted by molar-refractivity contribution is -0.127. The van der Waals surface area contributed by atoms with Gasteiger partial charge in [-0.05, 0) is 58.7 Å². The van der Waals surface area contributed by atoms with E-state index in [4.69, 9.17) is 4.74 Å². The number of aromatic nitrogens is 4. The molecule has 1 saturated heterocycles. The number of likely N-dealkylation sites (tertiary alicyclic amines) is 1. The van der Waals surface area contributed by atoms with Crippen LogP contribution in [0.3, 0.4) is 0 Å². The number of carbonyl (C=O) groups excluding carboxylic acids is 2. The minimum absolute atomic E-state index is 0.0652. The van der Waals surface area contributed by atoms with Gasteiger partial charge in [-0.25, -0.2) is 4.79 Å². The van der Waals surface area contributed by atoms with E-state index >= 15 is 0 Å². The fourth-order valence-electron chi connectivity index (χ4n) is 4.83. The second kappa shape index (κ2) is 9.60. The summed E-state index contributed by atoms with van der Waals surface area (Å²) in [5, 5.41) is 8.65. The Bertz CT molecular complexity index is 1210. The molecule has 0 saturated carbocycles. The Balaban J connectivity index is 1.56. The second-order valence-corrected chi connectivity index (χ2v) is 8.37. The Morgan fingerprint density at radius 1 is 1.18 bits per heavy atom. The topological polar surface area (TPSA) is 81.7 Å². The molecule has 4 rings (SSSR count). The van der Waals surface area contributed by atoms with Crippen molar-refractivity contribution in [2.45, 2.75) is 53.0 Å². The zero-order valence-corrected chi connectivity index (χ0v) is 19.7. The highest BCUT2D eigenvalue weighted by atomic mass is 16.5. The lowest BCUT2D eigenvalue weighted by atomic mass is 9.97. The predicted octanol–water partition coefficient (Wildman–Crippen LogP) is 3.76.